The molecular weight excluding hydrogens is 278 g/mol. The predicted molar refractivity (Wildman–Crippen MR) is 72.0 cm³/mol. The summed E-state index contributed by atoms with van der Waals surface area (Å²) in [5, 5.41) is 3.32. The van der Waals surface area contributed by atoms with Crippen molar-refractivity contribution in [3.05, 3.63) is 40.8 Å². The fourth-order valence-corrected chi connectivity index (χ4v) is 2.53. The van der Waals surface area contributed by atoms with Crippen LogP contribution in [0.4, 0.5) is 5.82 Å². The zero-order valence-electron chi connectivity index (χ0n) is 9.28. The molecule has 3 heterocycles. The van der Waals surface area contributed by atoms with E-state index < -0.39 is 0 Å². The average Bonchev–Trinajstić information content (AvgIpc) is 2.39. The van der Waals surface area contributed by atoms with Crippen LogP contribution in [0, 0.1) is 0 Å². The van der Waals surface area contributed by atoms with Gasteiger partial charge in [-0.15, -0.1) is 0 Å². The van der Waals surface area contributed by atoms with E-state index in [2.05, 4.69) is 37.3 Å². The van der Waals surface area contributed by atoms with Crippen LogP contribution in [0.5, 0.6) is 0 Å². The van der Waals surface area contributed by atoms with E-state index in [1.165, 1.54) is 12.0 Å². The monoisotopic (exact) mass is 289 g/mol. The Labute approximate surface area is 108 Å². The van der Waals surface area contributed by atoms with Gasteiger partial charge in [-0.05, 0) is 30.5 Å². The fourth-order valence-electron chi connectivity index (χ4n) is 2.08. The molecule has 2 aromatic heterocycles. The van der Waals surface area contributed by atoms with Gasteiger partial charge in [0.25, 0.3) is 0 Å². The molecule has 0 saturated heterocycles. The Morgan fingerprint density at radius 1 is 1.29 bits per heavy atom. The molecule has 0 spiro atoms. The molecule has 4 heteroatoms. The Morgan fingerprint density at radius 2 is 2.24 bits per heavy atom. The minimum atomic E-state index is 1.02. The highest BCUT2D eigenvalue weighted by Crippen LogP contribution is 2.30. The van der Waals surface area contributed by atoms with Crippen molar-refractivity contribution in [1.29, 1.82) is 0 Å². The summed E-state index contributed by atoms with van der Waals surface area (Å²) in [6, 6.07) is 4.16. The van der Waals surface area contributed by atoms with Crippen molar-refractivity contribution in [2.45, 2.75) is 12.8 Å². The van der Waals surface area contributed by atoms with E-state index in [9.17, 15) is 0 Å². The fraction of sp³-hybridized carbons (Fsp3) is 0.231. The van der Waals surface area contributed by atoms with Crippen LogP contribution in [0.15, 0.2) is 35.2 Å². The topological polar surface area (TPSA) is 37.8 Å². The van der Waals surface area contributed by atoms with Gasteiger partial charge in [-0.3, -0.25) is 4.98 Å². The second-order valence-electron chi connectivity index (χ2n) is 4.12. The number of aryl methyl sites for hydroxylation is 1. The SMILES string of the molecule is Brc1ccncc1-c1cnc2c(c1)CCCN2. The first-order chi connectivity index (χ1) is 8.34. The Morgan fingerprint density at radius 3 is 3.12 bits per heavy atom. The second kappa shape index (κ2) is 4.45. The molecular formula is C13H12BrN3. The van der Waals surface area contributed by atoms with E-state index in [-0.39, 0.29) is 0 Å². The third-order valence-electron chi connectivity index (χ3n) is 2.96. The minimum absolute atomic E-state index is 1.02. The highest BCUT2D eigenvalue weighted by molar-refractivity contribution is 9.10. The van der Waals surface area contributed by atoms with Gasteiger partial charge in [-0.2, -0.15) is 0 Å². The number of halogens is 1. The summed E-state index contributed by atoms with van der Waals surface area (Å²) in [6.07, 6.45) is 7.82. The molecule has 0 amide bonds. The van der Waals surface area contributed by atoms with E-state index in [0.717, 1.165) is 34.4 Å². The summed E-state index contributed by atoms with van der Waals surface area (Å²) in [4.78, 5) is 8.64. The standard InChI is InChI=1S/C13H12BrN3/c14-12-3-5-15-8-11(12)10-6-9-2-1-4-16-13(9)17-7-10/h3,5-8H,1-2,4H2,(H,16,17). The highest BCUT2D eigenvalue weighted by Gasteiger charge is 2.12. The summed E-state index contributed by atoms with van der Waals surface area (Å²) in [5.74, 6) is 1.03. The zero-order chi connectivity index (χ0) is 11.7. The quantitative estimate of drug-likeness (QED) is 0.876. The highest BCUT2D eigenvalue weighted by atomic mass is 79.9. The molecule has 0 radical (unpaired) electrons. The Balaban J connectivity index is 2.07. The van der Waals surface area contributed by atoms with E-state index in [4.69, 9.17) is 0 Å². The van der Waals surface area contributed by atoms with Gasteiger partial charge in [0, 0.05) is 40.7 Å². The van der Waals surface area contributed by atoms with Crippen LogP contribution < -0.4 is 5.32 Å². The van der Waals surface area contributed by atoms with Crippen LogP contribution in [0.3, 0.4) is 0 Å². The minimum Gasteiger partial charge on any atom is -0.370 e. The lowest BCUT2D eigenvalue weighted by Crippen LogP contribution is -2.13. The summed E-state index contributed by atoms with van der Waals surface area (Å²) >= 11 is 3.55. The zero-order valence-corrected chi connectivity index (χ0v) is 10.9. The normalized spacial score (nSPS) is 13.9. The molecule has 3 rings (SSSR count). The lowest BCUT2D eigenvalue weighted by molar-refractivity contribution is 0.818. The van der Waals surface area contributed by atoms with Crippen molar-refractivity contribution in [2.24, 2.45) is 0 Å². The molecule has 0 fully saturated rings. The Kier molecular flexibility index (Phi) is 2.81. The van der Waals surface area contributed by atoms with Gasteiger partial charge in [0.05, 0.1) is 0 Å². The van der Waals surface area contributed by atoms with Gasteiger partial charge in [-0.1, -0.05) is 15.9 Å². The molecule has 0 saturated carbocycles. The molecule has 0 aromatic carbocycles. The molecule has 1 N–H and O–H groups in total. The van der Waals surface area contributed by atoms with Crippen LogP contribution in [0.1, 0.15) is 12.0 Å². The summed E-state index contributed by atoms with van der Waals surface area (Å²) in [5.41, 5.74) is 3.50. The Hall–Kier alpha value is -1.42. The average molecular weight is 290 g/mol. The number of nitrogens with zero attached hydrogens (tertiary/aromatic N) is 2. The number of aromatic nitrogens is 2. The Bertz CT molecular complexity index is 554. The number of fused-ring (bicyclic) bond motifs is 1. The van der Waals surface area contributed by atoms with E-state index in [0.29, 0.717) is 0 Å². The molecule has 1 aliphatic rings. The van der Waals surface area contributed by atoms with Crippen LogP contribution in [0.2, 0.25) is 0 Å². The first-order valence-corrected chi connectivity index (χ1v) is 6.46. The number of nitrogens with one attached hydrogen (secondary N) is 1. The van der Waals surface area contributed by atoms with E-state index in [1.807, 2.05) is 18.5 Å². The maximum atomic E-state index is 4.48. The van der Waals surface area contributed by atoms with Crippen molar-refractivity contribution in [3.63, 3.8) is 0 Å². The maximum Gasteiger partial charge on any atom is 0.129 e. The van der Waals surface area contributed by atoms with Crippen molar-refractivity contribution >= 4 is 21.7 Å². The van der Waals surface area contributed by atoms with Gasteiger partial charge in [-0.25, -0.2) is 4.98 Å². The summed E-state index contributed by atoms with van der Waals surface area (Å²) in [7, 11) is 0. The van der Waals surface area contributed by atoms with Gasteiger partial charge in [0.15, 0.2) is 0 Å². The number of pyridine rings is 2. The van der Waals surface area contributed by atoms with Crippen LogP contribution >= 0.6 is 15.9 Å². The summed E-state index contributed by atoms with van der Waals surface area (Å²) in [6.45, 7) is 1.02. The molecule has 0 atom stereocenters. The van der Waals surface area contributed by atoms with Crippen molar-refractivity contribution in [2.75, 3.05) is 11.9 Å². The third-order valence-corrected chi connectivity index (χ3v) is 3.65. The third kappa shape index (κ3) is 2.05. The largest absolute Gasteiger partial charge is 0.370 e. The molecule has 2 aromatic rings. The number of rotatable bonds is 1. The van der Waals surface area contributed by atoms with E-state index in [1.54, 1.807) is 6.20 Å². The van der Waals surface area contributed by atoms with Gasteiger partial charge < -0.3 is 5.32 Å². The second-order valence-corrected chi connectivity index (χ2v) is 4.97. The van der Waals surface area contributed by atoms with Crippen LogP contribution in [-0.2, 0) is 6.42 Å². The molecule has 3 nitrogen and oxygen atoms in total. The van der Waals surface area contributed by atoms with Gasteiger partial charge in [0.1, 0.15) is 5.82 Å². The van der Waals surface area contributed by atoms with Crippen LogP contribution in [-0.4, -0.2) is 16.5 Å². The maximum absolute atomic E-state index is 4.48. The summed E-state index contributed by atoms with van der Waals surface area (Å²) < 4.78 is 1.05. The van der Waals surface area contributed by atoms with Crippen molar-refractivity contribution < 1.29 is 0 Å². The van der Waals surface area contributed by atoms with Crippen LogP contribution in [0.25, 0.3) is 11.1 Å². The molecule has 17 heavy (non-hydrogen) atoms. The number of hydrogen-bond acceptors (Lipinski definition) is 3. The molecule has 0 unspecified atom stereocenters. The molecule has 86 valence electrons. The lowest BCUT2D eigenvalue weighted by Gasteiger charge is -2.17. The van der Waals surface area contributed by atoms with E-state index >= 15 is 0 Å². The van der Waals surface area contributed by atoms with Gasteiger partial charge in [0.2, 0.25) is 0 Å². The van der Waals surface area contributed by atoms with Crippen molar-refractivity contribution in [1.82, 2.24) is 9.97 Å². The van der Waals surface area contributed by atoms with Crippen molar-refractivity contribution in [3.8, 4) is 11.1 Å². The number of hydrogen-bond donors (Lipinski definition) is 1. The first kappa shape index (κ1) is 10.7. The number of anilines is 1. The molecule has 1 aliphatic heterocycles. The smallest absolute Gasteiger partial charge is 0.129 e. The molecule has 0 bridgehead atoms. The predicted octanol–water partition coefficient (Wildman–Crippen LogP) is 3.26. The lowest BCUT2D eigenvalue weighted by atomic mass is 10.0. The van der Waals surface area contributed by atoms with Gasteiger partial charge >= 0.3 is 0 Å². The first-order valence-electron chi connectivity index (χ1n) is 5.67. The molecule has 0 aliphatic carbocycles.